The maximum absolute atomic E-state index is 11.7. The minimum absolute atomic E-state index is 0.0489. The fourth-order valence-corrected chi connectivity index (χ4v) is 5.93. The number of hydrogen-bond acceptors (Lipinski definition) is 4. The van der Waals surface area contributed by atoms with Crippen LogP contribution in [0, 0.1) is 27.1 Å². The molecule has 4 nitrogen and oxygen atoms in total. The number of esters is 1. The molecular formula is C25H50O4. The number of hydrogen-bond donors (Lipinski definition) is 2. The first kappa shape index (κ1) is 28.4. The van der Waals surface area contributed by atoms with Crippen LogP contribution in [-0.2, 0) is 9.53 Å². The number of carbonyl (C=O) groups is 1. The number of rotatable bonds is 11. The standard InChI is InChI=1S/C25H50O4/c1-21(2,3)15-22(4,5)13-18(26)20(28)25(10,11)17-24(8,9)16-23(6,7)14-19(27)29-12/h18,20,26,28H,13-17H2,1-12H3. The fraction of sp³-hybridized carbons (Fsp3) is 0.960. The number of methoxy groups -OCH3 is 1. The van der Waals surface area contributed by atoms with E-state index in [0.29, 0.717) is 12.8 Å². The predicted octanol–water partition coefficient (Wildman–Crippen LogP) is 5.98. The molecule has 0 radical (unpaired) electrons. The van der Waals surface area contributed by atoms with Gasteiger partial charge in [0, 0.05) is 0 Å². The van der Waals surface area contributed by atoms with Gasteiger partial charge in [0.05, 0.1) is 25.7 Å². The normalized spacial score (nSPS) is 16.5. The molecule has 0 rings (SSSR count). The van der Waals surface area contributed by atoms with E-state index in [2.05, 4.69) is 62.3 Å². The third kappa shape index (κ3) is 11.4. The summed E-state index contributed by atoms with van der Waals surface area (Å²) in [4.78, 5) is 11.7. The molecule has 2 atom stereocenters. The molecule has 0 fully saturated rings. The highest BCUT2D eigenvalue weighted by atomic mass is 16.5. The van der Waals surface area contributed by atoms with E-state index in [9.17, 15) is 15.0 Å². The van der Waals surface area contributed by atoms with E-state index >= 15 is 0 Å². The van der Waals surface area contributed by atoms with E-state index in [1.54, 1.807) is 0 Å². The van der Waals surface area contributed by atoms with E-state index in [0.717, 1.165) is 19.3 Å². The van der Waals surface area contributed by atoms with Crippen molar-refractivity contribution >= 4 is 5.97 Å². The Morgan fingerprint density at radius 3 is 1.66 bits per heavy atom. The van der Waals surface area contributed by atoms with Gasteiger partial charge in [0.1, 0.15) is 0 Å². The summed E-state index contributed by atoms with van der Waals surface area (Å²) in [5.74, 6) is -0.193. The molecule has 0 spiro atoms. The molecule has 4 heteroatoms. The summed E-state index contributed by atoms with van der Waals surface area (Å²) in [7, 11) is 1.42. The highest BCUT2D eigenvalue weighted by Crippen LogP contribution is 2.46. The molecule has 0 saturated carbocycles. The molecule has 0 aromatic heterocycles. The molecule has 0 aromatic carbocycles. The van der Waals surface area contributed by atoms with Gasteiger partial charge in [-0.25, -0.2) is 0 Å². The van der Waals surface area contributed by atoms with E-state index in [1.807, 2.05) is 13.8 Å². The van der Waals surface area contributed by atoms with Crippen LogP contribution in [0.3, 0.4) is 0 Å². The number of aliphatic hydroxyl groups is 2. The van der Waals surface area contributed by atoms with Crippen LogP contribution in [0.4, 0.5) is 0 Å². The minimum Gasteiger partial charge on any atom is -0.469 e. The van der Waals surface area contributed by atoms with E-state index < -0.39 is 17.6 Å². The Morgan fingerprint density at radius 2 is 1.24 bits per heavy atom. The zero-order valence-corrected chi connectivity index (χ0v) is 21.4. The summed E-state index contributed by atoms with van der Waals surface area (Å²) in [6.45, 7) is 23.5. The van der Waals surface area contributed by atoms with Gasteiger partial charge in [-0.15, -0.1) is 0 Å². The van der Waals surface area contributed by atoms with Crippen molar-refractivity contribution in [2.45, 2.75) is 120 Å². The van der Waals surface area contributed by atoms with E-state index in [4.69, 9.17) is 4.74 Å². The van der Waals surface area contributed by atoms with Crippen molar-refractivity contribution in [3.63, 3.8) is 0 Å². The quantitative estimate of drug-likeness (QED) is 0.408. The third-order valence-electron chi connectivity index (χ3n) is 5.68. The lowest BCUT2D eigenvalue weighted by molar-refractivity contribution is -0.143. The highest BCUT2D eigenvalue weighted by molar-refractivity contribution is 5.69. The molecule has 2 N–H and O–H groups in total. The summed E-state index contributed by atoms with van der Waals surface area (Å²) < 4.78 is 4.84. The average Bonchev–Trinajstić information content (AvgIpc) is 2.39. The van der Waals surface area contributed by atoms with Crippen molar-refractivity contribution < 1.29 is 19.7 Å². The first-order valence-electron chi connectivity index (χ1n) is 11.0. The van der Waals surface area contributed by atoms with Gasteiger partial charge in [0.15, 0.2) is 0 Å². The Kier molecular flexibility index (Phi) is 9.48. The van der Waals surface area contributed by atoms with Crippen molar-refractivity contribution in [1.29, 1.82) is 0 Å². The molecule has 0 aliphatic heterocycles. The summed E-state index contributed by atoms with van der Waals surface area (Å²) in [6.07, 6.45) is 1.95. The Bertz CT molecular complexity index is 523. The molecule has 0 bridgehead atoms. The molecule has 29 heavy (non-hydrogen) atoms. The predicted molar refractivity (Wildman–Crippen MR) is 122 cm³/mol. The molecule has 0 aliphatic carbocycles. The first-order chi connectivity index (χ1) is 12.6. The SMILES string of the molecule is COC(=O)CC(C)(C)CC(C)(C)CC(C)(C)C(O)C(O)CC(C)(C)CC(C)(C)C. The van der Waals surface area contributed by atoms with Crippen LogP contribution in [0.15, 0.2) is 0 Å². The zero-order valence-electron chi connectivity index (χ0n) is 21.4. The maximum atomic E-state index is 11.7. The van der Waals surface area contributed by atoms with Crippen LogP contribution in [0.5, 0.6) is 0 Å². The first-order valence-corrected chi connectivity index (χ1v) is 11.0. The van der Waals surface area contributed by atoms with Crippen molar-refractivity contribution in [2.75, 3.05) is 7.11 Å². The lowest BCUT2D eigenvalue weighted by atomic mass is 9.64. The van der Waals surface area contributed by atoms with Gasteiger partial charge in [-0.05, 0) is 52.8 Å². The molecule has 174 valence electrons. The van der Waals surface area contributed by atoms with Crippen molar-refractivity contribution in [1.82, 2.24) is 0 Å². The van der Waals surface area contributed by atoms with Gasteiger partial charge >= 0.3 is 5.97 Å². The molecule has 0 heterocycles. The smallest absolute Gasteiger partial charge is 0.306 e. The topological polar surface area (TPSA) is 66.8 Å². The van der Waals surface area contributed by atoms with E-state index in [1.165, 1.54) is 7.11 Å². The second-order valence-corrected chi connectivity index (χ2v) is 13.5. The Morgan fingerprint density at radius 1 is 0.759 bits per heavy atom. The van der Waals surface area contributed by atoms with Crippen molar-refractivity contribution in [3.05, 3.63) is 0 Å². The molecular weight excluding hydrogens is 364 g/mol. The number of aliphatic hydroxyl groups excluding tert-OH is 2. The monoisotopic (exact) mass is 414 g/mol. The van der Waals surface area contributed by atoms with Crippen LogP contribution in [0.25, 0.3) is 0 Å². The number of carbonyl (C=O) groups excluding carboxylic acids is 1. The second-order valence-electron chi connectivity index (χ2n) is 13.5. The lowest BCUT2D eigenvalue weighted by Gasteiger charge is -2.44. The van der Waals surface area contributed by atoms with Gasteiger partial charge in [-0.1, -0.05) is 76.2 Å². The molecule has 2 unspecified atom stereocenters. The molecule has 0 saturated heterocycles. The Labute approximate surface area is 180 Å². The molecule has 0 aromatic rings. The van der Waals surface area contributed by atoms with Gasteiger partial charge in [0.25, 0.3) is 0 Å². The van der Waals surface area contributed by atoms with Gasteiger partial charge in [0.2, 0.25) is 0 Å². The lowest BCUT2D eigenvalue weighted by Crippen LogP contribution is -2.44. The summed E-state index contributed by atoms with van der Waals surface area (Å²) in [5, 5.41) is 21.9. The van der Waals surface area contributed by atoms with Crippen LogP contribution < -0.4 is 0 Å². The largest absolute Gasteiger partial charge is 0.469 e. The molecule has 0 aliphatic rings. The van der Waals surface area contributed by atoms with Crippen LogP contribution >= 0.6 is 0 Å². The maximum Gasteiger partial charge on any atom is 0.306 e. The summed E-state index contributed by atoms with van der Waals surface area (Å²) >= 11 is 0. The summed E-state index contributed by atoms with van der Waals surface area (Å²) in [5.41, 5.74) is -0.598. The van der Waals surface area contributed by atoms with Crippen LogP contribution in [0.1, 0.15) is 108 Å². The van der Waals surface area contributed by atoms with Crippen LogP contribution in [-0.4, -0.2) is 35.5 Å². The Hall–Kier alpha value is -0.610. The third-order valence-corrected chi connectivity index (χ3v) is 5.68. The van der Waals surface area contributed by atoms with Gasteiger partial charge in [-0.2, -0.15) is 0 Å². The van der Waals surface area contributed by atoms with Crippen molar-refractivity contribution in [3.8, 4) is 0 Å². The average molecular weight is 415 g/mol. The minimum atomic E-state index is -0.801. The Balaban J connectivity index is 5.15. The molecule has 0 amide bonds. The van der Waals surface area contributed by atoms with E-state index in [-0.39, 0.29) is 27.6 Å². The van der Waals surface area contributed by atoms with Gasteiger partial charge < -0.3 is 14.9 Å². The second kappa shape index (κ2) is 9.68. The zero-order chi connectivity index (χ0) is 23.5. The fourth-order valence-electron chi connectivity index (χ4n) is 5.93. The van der Waals surface area contributed by atoms with Crippen molar-refractivity contribution in [2.24, 2.45) is 27.1 Å². The van der Waals surface area contributed by atoms with Crippen LogP contribution in [0.2, 0.25) is 0 Å². The van der Waals surface area contributed by atoms with Gasteiger partial charge in [-0.3, -0.25) is 4.79 Å². The summed E-state index contributed by atoms with van der Waals surface area (Å²) in [6, 6.07) is 0. The number of ether oxygens (including phenoxy) is 1. The highest BCUT2D eigenvalue weighted by Gasteiger charge is 2.42.